The Bertz CT molecular complexity index is 377. The summed E-state index contributed by atoms with van der Waals surface area (Å²) in [5.74, 6) is -0.286. The van der Waals surface area contributed by atoms with Crippen LogP contribution in [-0.2, 0) is 15.0 Å². The van der Waals surface area contributed by atoms with Gasteiger partial charge >= 0.3 is 0 Å². The molecule has 1 amide bonds. The average Bonchev–Trinajstić information content (AvgIpc) is 2.28. The Kier molecular flexibility index (Phi) is 5.51. The zero-order valence-corrected chi connectivity index (χ0v) is 12.0. The van der Waals surface area contributed by atoms with Gasteiger partial charge in [0.25, 0.3) is 10.2 Å². The number of likely N-dealkylation sites (N-methyl/N-ethyl adjacent to an activating group) is 1. The quantitative estimate of drug-likeness (QED) is 0.647. The molecule has 0 aliphatic carbocycles. The van der Waals surface area contributed by atoms with E-state index in [2.05, 4.69) is 10.6 Å². The van der Waals surface area contributed by atoms with Crippen molar-refractivity contribution in [2.45, 2.75) is 19.9 Å². The van der Waals surface area contributed by atoms with Crippen molar-refractivity contribution in [3.8, 4) is 0 Å². The first-order chi connectivity index (χ1) is 8.34. The second-order valence-electron chi connectivity index (χ2n) is 4.64. The molecule has 0 saturated carbocycles. The van der Waals surface area contributed by atoms with E-state index in [1.165, 1.54) is 11.4 Å². The molecule has 8 heteroatoms. The molecule has 1 rings (SSSR count). The number of carbonyl (C=O) groups is 1. The minimum atomic E-state index is -3.53. The summed E-state index contributed by atoms with van der Waals surface area (Å²) in [5.41, 5.74) is 0. The van der Waals surface area contributed by atoms with E-state index < -0.39 is 10.2 Å². The van der Waals surface area contributed by atoms with Crippen LogP contribution in [0, 0.1) is 0 Å². The first-order valence-electron chi connectivity index (χ1n) is 6.05. The third-order valence-corrected chi connectivity index (χ3v) is 4.55. The molecule has 18 heavy (non-hydrogen) atoms. The molecule has 1 fully saturated rings. The highest BCUT2D eigenvalue weighted by atomic mass is 32.2. The van der Waals surface area contributed by atoms with Crippen LogP contribution in [0.3, 0.4) is 0 Å². The summed E-state index contributed by atoms with van der Waals surface area (Å²) in [7, 11) is -2.10. The number of amides is 1. The molecule has 1 saturated heterocycles. The Morgan fingerprint density at radius 2 is 1.94 bits per heavy atom. The highest BCUT2D eigenvalue weighted by Crippen LogP contribution is 2.07. The second kappa shape index (κ2) is 6.46. The van der Waals surface area contributed by atoms with Gasteiger partial charge in [0, 0.05) is 39.3 Å². The molecule has 1 aliphatic heterocycles. The fourth-order valence-electron chi connectivity index (χ4n) is 1.72. The van der Waals surface area contributed by atoms with Crippen molar-refractivity contribution in [3.05, 3.63) is 0 Å². The lowest BCUT2D eigenvalue weighted by atomic mass is 10.4. The normalized spacial score (nSPS) is 18.3. The maximum atomic E-state index is 12.2. The van der Waals surface area contributed by atoms with Gasteiger partial charge in [-0.05, 0) is 13.8 Å². The molecular formula is C10H22N4O3S. The van der Waals surface area contributed by atoms with Gasteiger partial charge in [0.05, 0.1) is 6.54 Å². The number of nitrogens with zero attached hydrogens (tertiary/aromatic N) is 2. The van der Waals surface area contributed by atoms with E-state index in [0.29, 0.717) is 26.2 Å². The standard InChI is InChI=1S/C10H22N4O3S/c1-9(2)12-10(15)8-13(3)18(16,17)14-6-4-11-5-7-14/h9,11H,4-8H2,1-3H3,(H,12,15). The van der Waals surface area contributed by atoms with Gasteiger partial charge in [0.1, 0.15) is 0 Å². The summed E-state index contributed by atoms with van der Waals surface area (Å²) in [6.07, 6.45) is 0. The van der Waals surface area contributed by atoms with Crippen molar-refractivity contribution in [2.24, 2.45) is 0 Å². The lowest BCUT2D eigenvalue weighted by Crippen LogP contribution is -2.52. The maximum absolute atomic E-state index is 12.2. The first kappa shape index (κ1) is 15.4. The average molecular weight is 278 g/mol. The molecule has 0 bridgehead atoms. The second-order valence-corrected chi connectivity index (χ2v) is 6.67. The largest absolute Gasteiger partial charge is 0.353 e. The number of carbonyl (C=O) groups excluding carboxylic acids is 1. The molecule has 0 spiro atoms. The van der Waals surface area contributed by atoms with Crippen molar-refractivity contribution in [3.63, 3.8) is 0 Å². The third kappa shape index (κ3) is 4.20. The van der Waals surface area contributed by atoms with E-state index in [0.717, 1.165) is 4.31 Å². The van der Waals surface area contributed by atoms with Crippen molar-refractivity contribution < 1.29 is 13.2 Å². The monoisotopic (exact) mass is 278 g/mol. The van der Waals surface area contributed by atoms with Gasteiger partial charge in [-0.2, -0.15) is 17.0 Å². The predicted molar refractivity (Wildman–Crippen MR) is 69.3 cm³/mol. The number of hydrogen-bond donors (Lipinski definition) is 2. The summed E-state index contributed by atoms with van der Waals surface area (Å²) < 4.78 is 26.8. The lowest BCUT2D eigenvalue weighted by Gasteiger charge is -2.30. The smallest absolute Gasteiger partial charge is 0.282 e. The summed E-state index contributed by atoms with van der Waals surface area (Å²) in [5, 5.41) is 5.76. The Balaban J connectivity index is 2.58. The summed E-state index contributed by atoms with van der Waals surface area (Å²) in [6, 6.07) is 0.00721. The van der Waals surface area contributed by atoms with E-state index in [1.54, 1.807) is 0 Å². The summed E-state index contributed by atoms with van der Waals surface area (Å²) in [6.45, 7) is 5.70. The van der Waals surface area contributed by atoms with E-state index in [4.69, 9.17) is 0 Å². The van der Waals surface area contributed by atoms with Gasteiger partial charge in [-0.25, -0.2) is 0 Å². The molecule has 7 nitrogen and oxygen atoms in total. The Labute approximate surface area is 109 Å². The van der Waals surface area contributed by atoms with Crippen molar-refractivity contribution in [1.29, 1.82) is 0 Å². The lowest BCUT2D eigenvalue weighted by molar-refractivity contribution is -0.121. The van der Waals surface area contributed by atoms with Crippen molar-refractivity contribution in [1.82, 2.24) is 19.2 Å². The van der Waals surface area contributed by atoms with Crippen LogP contribution in [0.5, 0.6) is 0 Å². The molecule has 1 heterocycles. The Hall–Kier alpha value is -0.700. The fraction of sp³-hybridized carbons (Fsp3) is 0.900. The van der Waals surface area contributed by atoms with Crippen LogP contribution in [0.15, 0.2) is 0 Å². The molecule has 0 aromatic heterocycles. The number of hydrogen-bond acceptors (Lipinski definition) is 4. The molecule has 2 N–H and O–H groups in total. The van der Waals surface area contributed by atoms with Gasteiger partial charge < -0.3 is 10.6 Å². The number of nitrogens with one attached hydrogen (secondary N) is 2. The van der Waals surface area contributed by atoms with Crippen LogP contribution in [0.1, 0.15) is 13.8 Å². The molecule has 0 aromatic carbocycles. The number of rotatable bonds is 5. The molecule has 0 radical (unpaired) electrons. The molecular weight excluding hydrogens is 256 g/mol. The molecule has 106 valence electrons. The van der Waals surface area contributed by atoms with Crippen molar-refractivity contribution in [2.75, 3.05) is 39.8 Å². The predicted octanol–water partition coefficient (Wildman–Crippen LogP) is -1.41. The van der Waals surface area contributed by atoms with Gasteiger partial charge in [-0.3, -0.25) is 4.79 Å². The van der Waals surface area contributed by atoms with Crippen LogP contribution in [0.4, 0.5) is 0 Å². The van der Waals surface area contributed by atoms with Crippen molar-refractivity contribution >= 4 is 16.1 Å². The fourth-order valence-corrected chi connectivity index (χ4v) is 3.04. The molecule has 0 unspecified atom stereocenters. The Morgan fingerprint density at radius 1 is 1.39 bits per heavy atom. The molecule has 1 aliphatic rings. The van der Waals surface area contributed by atoms with Gasteiger partial charge in [0.2, 0.25) is 5.91 Å². The summed E-state index contributed by atoms with van der Waals surface area (Å²) in [4.78, 5) is 11.5. The zero-order valence-electron chi connectivity index (χ0n) is 11.1. The van der Waals surface area contributed by atoms with Crippen LogP contribution >= 0.6 is 0 Å². The maximum Gasteiger partial charge on any atom is 0.282 e. The minimum Gasteiger partial charge on any atom is -0.353 e. The first-order valence-corrected chi connectivity index (χ1v) is 7.45. The Morgan fingerprint density at radius 3 is 2.44 bits per heavy atom. The highest BCUT2D eigenvalue weighted by Gasteiger charge is 2.29. The van der Waals surface area contributed by atoms with E-state index in [1.807, 2.05) is 13.8 Å². The highest BCUT2D eigenvalue weighted by molar-refractivity contribution is 7.86. The van der Waals surface area contributed by atoms with Crippen LogP contribution < -0.4 is 10.6 Å². The molecule has 0 aromatic rings. The van der Waals surface area contributed by atoms with E-state index in [9.17, 15) is 13.2 Å². The van der Waals surface area contributed by atoms with E-state index in [-0.39, 0.29) is 18.5 Å². The van der Waals surface area contributed by atoms with Crippen LogP contribution in [-0.4, -0.2) is 68.7 Å². The summed E-state index contributed by atoms with van der Waals surface area (Å²) >= 11 is 0. The topological polar surface area (TPSA) is 81.8 Å². The minimum absolute atomic E-state index is 0.00721. The van der Waals surface area contributed by atoms with Crippen LogP contribution in [0.2, 0.25) is 0 Å². The van der Waals surface area contributed by atoms with E-state index >= 15 is 0 Å². The molecule has 0 atom stereocenters. The SMILES string of the molecule is CC(C)NC(=O)CN(C)S(=O)(=O)N1CCNCC1. The van der Waals surface area contributed by atoms with Crippen LogP contribution in [0.25, 0.3) is 0 Å². The van der Waals surface area contributed by atoms with Gasteiger partial charge in [-0.15, -0.1) is 0 Å². The third-order valence-electron chi connectivity index (χ3n) is 2.61. The zero-order chi connectivity index (χ0) is 13.8. The van der Waals surface area contributed by atoms with Gasteiger partial charge in [0.15, 0.2) is 0 Å². The van der Waals surface area contributed by atoms with Gasteiger partial charge in [-0.1, -0.05) is 0 Å². The number of piperazine rings is 1.